The third kappa shape index (κ3) is 2.45. The number of carboxylic acid groups (broad SMARTS) is 1. The first-order valence-corrected chi connectivity index (χ1v) is 9.59. The molecule has 0 spiro atoms. The van der Waals surface area contributed by atoms with Crippen molar-refractivity contribution in [1.82, 2.24) is 0 Å². The van der Waals surface area contributed by atoms with Gasteiger partial charge in [0.1, 0.15) is 0 Å². The fourth-order valence-electron chi connectivity index (χ4n) is 6.68. The molecule has 3 saturated carbocycles. The molecule has 0 bridgehead atoms. The molecule has 132 valence electrons. The van der Waals surface area contributed by atoms with E-state index in [1.54, 1.807) is 0 Å². The molecular weight excluding hydrogens is 288 g/mol. The van der Waals surface area contributed by atoms with Gasteiger partial charge in [-0.3, -0.25) is 4.79 Å². The van der Waals surface area contributed by atoms with Gasteiger partial charge in [-0.05, 0) is 81.0 Å². The van der Waals surface area contributed by atoms with Crippen LogP contribution >= 0.6 is 0 Å². The lowest BCUT2D eigenvalue weighted by atomic mass is 9.43. The van der Waals surface area contributed by atoms with Crippen LogP contribution in [0.5, 0.6) is 0 Å². The van der Waals surface area contributed by atoms with Gasteiger partial charge in [-0.25, -0.2) is 0 Å². The molecule has 3 heteroatoms. The maximum Gasteiger partial charge on any atom is 0.309 e. The Kier molecular flexibility index (Phi) is 4.11. The first-order valence-electron chi connectivity index (χ1n) is 9.59. The van der Waals surface area contributed by atoms with Crippen LogP contribution in [0.3, 0.4) is 0 Å². The summed E-state index contributed by atoms with van der Waals surface area (Å²) in [6, 6.07) is 0. The maximum absolute atomic E-state index is 12.0. The van der Waals surface area contributed by atoms with E-state index in [9.17, 15) is 15.0 Å². The van der Waals surface area contributed by atoms with Gasteiger partial charge in [0.2, 0.25) is 0 Å². The minimum atomic E-state index is -0.596. The molecule has 2 N–H and O–H groups in total. The van der Waals surface area contributed by atoms with E-state index in [0.29, 0.717) is 23.7 Å². The third-order valence-corrected chi connectivity index (χ3v) is 8.29. The average molecular weight is 322 g/mol. The molecule has 0 aromatic heterocycles. The van der Waals surface area contributed by atoms with Crippen molar-refractivity contribution in [3.8, 4) is 0 Å². The van der Waals surface area contributed by atoms with Gasteiger partial charge < -0.3 is 10.2 Å². The van der Waals surface area contributed by atoms with Crippen LogP contribution in [0, 0.1) is 34.5 Å². The minimum absolute atomic E-state index is 0.145. The minimum Gasteiger partial charge on any atom is -0.481 e. The first kappa shape index (κ1) is 17.3. The molecule has 0 amide bonds. The summed E-state index contributed by atoms with van der Waals surface area (Å²) in [7, 11) is 0. The van der Waals surface area contributed by atoms with Crippen molar-refractivity contribution < 1.29 is 15.0 Å². The molecule has 0 saturated heterocycles. The summed E-state index contributed by atoms with van der Waals surface area (Å²) in [5.74, 6) is 1.19. The van der Waals surface area contributed by atoms with Crippen LogP contribution in [0.2, 0.25) is 0 Å². The number of carboxylic acids is 1. The molecule has 0 radical (unpaired) electrons. The third-order valence-electron chi connectivity index (χ3n) is 8.29. The monoisotopic (exact) mass is 322 g/mol. The highest BCUT2D eigenvalue weighted by atomic mass is 16.4. The summed E-state index contributed by atoms with van der Waals surface area (Å²) >= 11 is 0. The molecule has 3 nitrogen and oxygen atoms in total. The Labute approximate surface area is 140 Å². The van der Waals surface area contributed by atoms with Gasteiger partial charge in [-0.15, -0.1) is 0 Å². The fraction of sp³-hybridized carbons (Fsp3) is 0.950. The number of carbonyl (C=O) groups is 1. The van der Waals surface area contributed by atoms with E-state index < -0.39 is 17.0 Å². The van der Waals surface area contributed by atoms with Crippen LogP contribution in [0.4, 0.5) is 0 Å². The molecule has 0 heterocycles. The van der Waals surface area contributed by atoms with Gasteiger partial charge in [0.25, 0.3) is 0 Å². The molecule has 3 rings (SSSR count). The van der Waals surface area contributed by atoms with E-state index in [0.717, 1.165) is 44.9 Å². The van der Waals surface area contributed by atoms with Crippen LogP contribution < -0.4 is 0 Å². The summed E-state index contributed by atoms with van der Waals surface area (Å²) in [4.78, 5) is 12.0. The largest absolute Gasteiger partial charge is 0.481 e. The van der Waals surface area contributed by atoms with E-state index >= 15 is 0 Å². The van der Waals surface area contributed by atoms with E-state index in [1.807, 2.05) is 6.92 Å². The molecule has 6 unspecified atom stereocenters. The smallest absolute Gasteiger partial charge is 0.309 e. The van der Waals surface area contributed by atoms with Crippen LogP contribution in [0.25, 0.3) is 0 Å². The average Bonchev–Trinajstić information content (AvgIpc) is 2.46. The van der Waals surface area contributed by atoms with Crippen molar-refractivity contribution >= 4 is 5.97 Å². The molecule has 6 atom stereocenters. The van der Waals surface area contributed by atoms with E-state index in [1.165, 1.54) is 6.42 Å². The number of aliphatic hydroxyl groups is 1. The van der Waals surface area contributed by atoms with Crippen molar-refractivity contribution in [2.24, 2.45) is 34.5 Å². The predicted octanol–water partition coefficient (Wildman–Crippen LogP) is 4.48. The number of fused-ring (bicyclic) bond motifs is 3. The fourth-order valence-corrected chi connectivity index (χ4v) is 6.68. The highest BCUT2D eigenvalue weighted by Crippen LogP contribution is 2.64. The summed E-state index contributed by atoms with van der Waals surface area (Å²) in [6.45, 7) is 8.63. The van der Waals surface area contributed by atoms with Crippen LogP contribution in [0.15, 0.2) is 0 Å². The van der Waals surface area contributed by atoms with E-state index in [4.69, 9.17) is 0 Å². The summed E-state index contributed by atoms with van der Waals surface area (Å²) in [5.41, 5.74) is -0.911. The van der Waals surface area contributed by atoms with Gasteiger partial charge in [-0.2, -0.15) is 0 Å². The van der Waals surface area contributed by atoms with Crippen molar-refractivity contribution in [3.05, 3.63) is 0 Å². The van der Waals surface area contributed by atoms with Gasteiger partial charge in [-0.1, -0.05) is 27.2 Å². The zero-order chi connectivity index (χ0) is 17.0. The summed E-state index contributed by atoms with van der Waals surface area (Å²) in [5, 5.41) is 20.8. The lowest BCUT2D eigenvalue weighted by molar-refractivity contribution is -0.181. The highest BCUT2D eigenvalue weighted by Gasteiger charge is 2.60. The van der Waals surface area contributed by atoms with Crippen LogP contribution in [-0.2, 0) is 4.79 Å². The first-order chi connectivity index (χ1) is 10.6. The molecule has 3 aliphatic carbocycles. The SMILES string of the molecule is CC(C)C1(O)CCC2C(CCC3C(C)(C(=O)O)CCCC23C)C1. The van der Waals surface area contributed by atoms with Crippen LogP contribution in [0.1, 0.15) is 79.1 Å². The maximum atomic E-state index is 12.0. The molecule has 23 heavy (non-hydrogen) atoms. The van der Waals surface area contributed by atoms with Gasteiger partial charge in [0.05, 0.1) is 11.0 Å². The predicted molar refractivity (Wildman–Crippen MR) is 91.0 cm³/mol. The van der Waals surface area contributed by atoms with Crippen molar-refractivity contribution in [2.45, 2.75) is 84.7 Å². The quantitative estimate of drug-likeness (QED) is 0.788. The molecular formula is C20H34O3. The summed E-state index contributed by atoms with van der Waals surface area (Å²) < 4.78 is 0. The number of aliphatic carboxylic acids is 1. The zero-order valence-electron chi connectivity index (χ0n) is 15.3. The van der Waals surface area contributed by atoms with Gasteiger partial charge >= 0.3 is 5.97 Å². The second-order valence-corrected chi connectivity index (χ2v) is 9.58. The van der Waals surface area contributed by atoms with Gasteiger partial charge in [0.15, 0.2) is 0 Å². The Balaban J connectivity index is 1.88. The molecule has 0 aromatic rings. The topological polar surface area (TPSA) is 57.5 Å². The molecule has 3 fully saturated rings. The highest BCUT2D eigenvalue weighted by molar-refractivity contribution is 5.75. The van der Waals surface area contributed by atoms with Gasteiger partial charge in [0, 0.05) is 0 Å². The number of hydrogen-bond acceptors (Lipinski definition) is 2. The van der Waals surface area contributed by atoms with Crippen molar-refractivity contribution in [3.63, 3.8) is 0 Å². The Morgan fingerprint density at radius 1 is 1.09 bits per heavy atom. The zero-order valence-corrected chi connectivity index (χ0v) is 15.3. The molecule has 0 aliphatic heterocycles. The molecule has 3 aliphatic rings. The standard InChI is InChI=1S/C20H34O3/c1-13(2)20(23)11-8-15-14(12-20)6-7-16-18(15,3)9-5-10-19(16,4)17(21)22/h13-16,23H,5-12H2,1-4H3,(H,21,22). The van der Waals surface area contributed by atoms with E-state index in [2.05, 4.69) is 20.8 Å². The van der Waals surface area contributed by atoms with Crippen molar-refractivity contribution in [1.29, 1.82) is 0 Å². The Hall–Kier alpha value is -0.570. The normalized spacial score (nSPS) is 50.3. The van der Waals surface area contributed by atoms with Crippen molar-refractivity contribution in [2.75, 3.05) is 0 Å². The lowest BCUT2D eigenvalue weighted by Crippen LogP contribution is -2.57. The van der Waals surface area contributed by atoms with E-state index in [-0.39, 0.29) is 5.41 Å². The molecule has 0 aromatic carbocycles. The second-order valence-electron chi connectivity index (χ2n) is 9.58. The number of rotatable bonds is 2. The van der Waals surface area contributed by atoms with Crippen LogP contribution in [-0.4, -0.2) is 21.8 Å². The lowest BCUT2D eigenvalue weighted by Gasteiger charge is -2.61. The Morgan fingerprint density at radius 2 is 1.78 bits per heavy atom. The summed E-state index contributed by atoms with van der Waals surface area (Å²) in [6.07, 6.45) is 8.03. The Bertz CT molecular complexity index is 487. The number of hydrogen-bond donors (Lipinski definition) is 2. The Morgan fingerprint density at radius 3 is 2.39 bits per heavy atom. The second kappa shape index (κ2) is 5.47.